The van der Waals surface area contributed by atoms with E-state index in [2.05, 4.69) is 6.58 Å². The number of rotatable bonds is 5. The van der Waals surface area contributed by atoms with Gasteiger partial charge in [0.05, 0.1) is 0 Å². The second-order valence-corrected chi connectivity index (χ2v) is 3.68. The first-order valence-electron chi connectivity index (χ1n) is 5.25. The summed E-state index contributed by atoms with van der Waals surface area (Å²) < 4.78 is 9.89. The summed E-state index contributed by atoms with van der Waals surface area (Å²) in [7, 11) is 0. The third-order valence-electron chi connectivity index (χ3n) is 2.74. The fourth-order valence-corrected chi connectivity index (χ4v) is 1.99. The number of carbonyl (C=O) groups is 2. The fourth-order valence-electron chi connectivity index (χ4n) is 1.99. The Morgan fingerprint density at radius 3 is 2.71 bits per heavy atom. The zero-order chi connectivity index (χ0) is 12.3. The van der Waals surface area contributed by atoms with Gasteiger partial charge in [0.2, 0.25) is 0 Å². The van der Waals surface area contributed by atoms with Gasteiger partial charge in [-0.15, -0.1) is 0 Å². The number of hydrogen-bond acceptors (Lipinski definition) is 4. The maximum Gasteiger partial charge on any atom is 0.317 e. The van der Waals surface area contributed by atoms with Crippen LogP contribution in [0.25, 0.3) is 0 Å². The number of esters is 1. The van der Waals surface area contributed by atoms with Crippen LogP contribution < -0.4 is 0 Å². The van der Waals surface area contributed by atoms with Crippen LogP contribution in [0.2, 0.25) is 0 Å². The molecule has 0 aromatic heterocycles. The number of carbonyl (C=O) groups excluding carboxylic acids is 2. The molecule has 2 unspecified atom stereocenters. The van der Waals surface area contributed by atoms with Crippen LogP contribution in [0.5, 0.6) is 0 Å². The van der Waals surface area contributed by atoms with Crippen molar-refractivity contribution < 1.29 is 19.1 Å². The molecule has 0 spiro atoms. The lowest BCUT2D eigenvalue weighted by Gasteiger charge is -2.35. The quantitative estimate of drug-likeness (QED) is 0.440. The van der Waals surface area contributed by atoms with Gasteiger partial charge in [-0.25, -0.2) is 0 Å². The molecule has 0 bridgehead atoms. The molecule has 0 aliphatic heterocycles. The van der Waals surface area contributed by atoms with Gasteiger partial charge >= 0.3 is 5.97 Å². The summed E-state index contributed by atoms with van der Waals surface area (Å²) in [5, 5.41) is 0. The average molecular weight is 232 g/mol. The molecule has 1 aromatic rings. The van der Waals surface area contributed by atoms with E-state index < -0.39 is 18.0 Å². The first kappa shape index (κ1) is 11.4. The highest BCUT2D eigenvalue weighted by Crippen LogP contribution is 2.47. The highest BCUT2D eigenvalue weighted by Gasteiger charge is 2.44. The summed E-state index contributed by atoms with van der Waals surface area (Å²) in [6, 6.07) is 7.34. The summed E-state index contributed by atoms with van der Waals surface area (Å²) in [6.45, 7) is 3.98. The highest BCUT2D eigenvalue weighted by atomic mass is 16.5. The lowest BCUT2D eigenvalue weighted by Crippen LogP contribution is -2.33. The molecule has 0 saturated heterocycles. The van der Waals surface area contributed by atoms with Crippen LogP contribution in [0.4, 0.5) is 0 Å². The molecule has 0 fully saturated rings. The predicted octanol–water partition coefficient (Wildman–Crippen LogP) is 1.73. The minimum Gasteiger partial charge on any atom is -0.461 e. The van der Waals surface area contributed by atoms with Crippen LogP contribution in [0, 0.1) is 0 Å². The number of hydrogen-bond donors (Lipinski definition) is 0. The monoisotopic (exact) mass is 232 g/mol. The Morgan fingerprint density at radius 1 is 1.35 bits per heavy atom. The van der Waals surface area contributed by atoms with Crippen molar-refractivity contribution in [1.82, 2.24) is 0 Å². The van der Waals surface area contributed by atoms with Crippen molar-refractivity contribution in [3.63, 3.8) is 0 Å². The second kappa shape index (κ2) is 4.82. The van der Waals surface area contributed by atoms with Crippen LogP contribution in [-0.4, -0.2) is 19.0 Å². The molecule has 1 aliphatic carbocycles. The van der Waals surface area contributed by atoms with Crippen molar-refractivity contribution in [2.45, 2.75) is 12.0 Å². The Morgan fingerprint density at radius 2 is 2.06 bits per heavy atom. The van der Waals surface area contributed by atoms with Gasteiger partial charge < -0.3 is 9.47 Å². The number of ether oxygens (including phenoxy) is 2. The van der Waals surface area contributed by atoms with Gasteiger partial charge in [0.1, 0.15) is 18.6 Å². The van der Waals surface area contributed by atoms with Crippen molar-refractivity contribution in [2.24, 2.45) is 0 Å². The average Bonchev–Trinajstić information content (AvgIpc) is 2.34. The van der Waals surface area contributed by atoms with E-state index in [1.165, 1.54) is 6.08 Å². The summed E-state index contributed by atoms with van der Waals surface area (Å²) in [6.07, 6.45) is 0.971. The molecular formula is C13H12O4. The maximum absolute atomic E-state index is 11.8. The lowest BCUT2D eigenvalue weighted by molar-refractivity contribution is -0.153. The molecule has 0 amide bonds. The molecule has 2 atom stereocenters. The van der Waals surface area contributed by atoms with Crippen molar-refractivity contribution >= 4 is 12.4 Å². The van der Waals surface area contributed by atoms with Crippen LogP contribution in [0.1, 0.15) is 23.1 Å². The maximum atomic E-state index is 11.8. The third-order valence-corrected chi connectivity index (χ3v) is 2.74. The lowest BCUT2D eigenvalue weighted by atomic mass is 9.74. The second-order valence-electron chi connectivity index (χ2n) is 3.68. The molecule has 0 N–H and O–H groups in total. The van der Waals surface area contributed by atoms with E-state index in [1.54, 1.807) is 0 Å². The van der Waals surface area contributed by atoms with E-state index in [1.807, 2.05) is 24.3 Å². The summed E-state index contributed by atoms with van der Waals surface area (Å²) in [5.41, 5.74) is 1.72. The molecule has 2 rings (SSSR count). The van der Waals surface area contributed by atoms with Gasteiger partial charge in [-0.05, 0) is 11.1 Å². The van der Waals surface area contributed by atoms with Crippen molar-refractivity contribution in [3.05, 3.63) is 48.0 Å². The molecule has 4 heteroatoms. The summed E-state index contributed by atoms with van der Waals surface area (Å²) in [5.74, 6) is -0.910. The van der Waals surface area contributed by atoms with Crippen LogP contribution in [0.3, 0.4) is 0 Å². The van der Waals surface area contributed by atoms with Gasteiger partial charge in [-0.2, -0.15) is 0 Å². The first-order valence-corrected chi connectivity index (χ1v) is 5.25. The van der Waals surface area contributed by atoms with Crippen LogP contribution in [-0.2, 0) is 19.1 Å². The first-order chi connectivity index (χ1) is 8.29. The highest BCUT2D eigenvalue weighted by molar-refractivity contribution is 5.83. The van der Waals surface area contributed by atoms with Crippen LogP contribution >= 0.6 is 0 Å². The Balaban J connectivity index is 2.19. The molecule has 0 radical (unpaired) electrons. The Bertz CT molecular complexity index is 452. The van der Waals surface area contributed by atoms with E-state index in [4.69, 9.17) is 9.47 Å². The van der Waals surface area contributed by atoms with Gasteiger partial charge in [-0.1, -0.05) is 36.9 Å². The normalized spacial score (nSPS) is 20.7. The molecule has 1 aromatic carbocycles. The van der Waals surface area contributed by atoms with Gasteiger partial charge in [0, 0.05) is 0 Å². The number of fused-ring (bicyclic) bond motifs is 1. The van der Waals surface area contributed by atoms with Crippen molar-refractivity contribution in [1.29, 1.82) is 0 Å². The van der Waals surface area contributed by atoms with E-state index >= 15 is 0 Å². The largest absolute Gasteiger partial charge is 0.461 e. The van der Waals surface area contributed by atoms with E-state index in [0.717, 1.165) is 11.1 Å². The van der Waals surface area contributed by atoms with Crippen LogP contribution in [0.15, 0.2) is 36.9 Å². The van der Waals surface area contributed by atoms with Gasteiger partial charge in [0.15, 0.2) is 0 Å². The summed E-state index contributed by atoms with van der Waals surface area (Å²) >= 11 is 0. The zero-order valence-electron chi connectivity index (χ0n) is 9.17. The van der Waals surface area contributed by atoms with E-state index in [-0.39, 0.29) is 6.61 Å². The van der Waals surface area contributed by atoms with Gasteiger partial charge in [0.25, 0.3) is 6.47 Å². The Labute approximate surface area is 98.8 Å². The summed E-state index contributed by atoms with van der Waals surface area (Å²) in [4.78, 5) is 22.2. The third kappa shape index (κ3) is 1.93. The van der Waals surface area contributed by atoms with Crippen molar-refractivity contribution in [2.75, 3.05) is 6.61 Å². The minimum atomic E-state index is -0.527. The standard InChI is InChI=1S/C13H12O4/c1-2-7-16-13(15)11-9-5-3-4-6-10(9)12(11)17-8-14/h2-6,8,11-12H,1,7H2. The smallest absolute Gasteiger partial charge is 0.317 e. The van der Waals surface area contributed by atoms with E-state index in [0.29, 0.717) is 6.47 Å². The number of benzene rings is 1. The molecule has 4 nitrogen and oxygen atoms in total. The topological polar surface area (TPSA) is 52.6 Å². The molecule has 0 saturated carbocycles. The predicted molar refractivity (Wildman–Crippen MR) is 60.2 cm³/mol. The molecule has 88 valence electrons. The minimum absolute atomic E-state index is 0.158. The van der Waals surface area contributed by atoms with Crippen molar-refractivity contribution in [3.8, 4) is 0 Å². The Kier molecular flexibility index (Phi) is 3.23. The molecule has 17 heavy (non-hydrogen) atoms. The molecular weight excluding hydrogens is 220 g/mol. The zero-order valence-corrected chi connectivity index (χ0v) is 9.17. The SMILES string of the molecule is C=CCOC(=O)C1c2ccccc2C1OC=O. The molecule has 0 heterocycles. The van der Waals surface area contributed by atoms with E-state index in [9.17, 15) is 9.59 Å². The Hall–Kier alpha value is -2.10. The molecule has 1 aliphatic rings. The van der Waals surface area contributed by atoms with Gasteiger partial charge in [-0.3, -0.25) is 9.59 Å². The fraction of sp³-hybridized carbons (Fsp3) is 0.231.